The molecule has 0 spiro atoms. The van der Waals surface area contributed by atoms with Crippen molar-refractivity contribution in [3.05, 3.63) is 24.5 Å². The number of anilines is 1. The molecule has 3 heteroatoms. The molecule has 4 bridgehead atoms. The molecule has 1 aromatic rings. The van der Waals surface area contributed by atoms with Crippen LogP contribution in [0.1, 0.15) is 52.4 Å². The molecule has 1 heterocycles. The molecule has 2 unspecified atom stereocenters. The van der Waals surface area contributed by atoms with Crippen LogP contribution in [0.3, 0.4) is 0 Å². The molecule has 21 heavy (non-hydrogen) atoms. The third-order valence-electron chi connectivity index (χ3n) is 6.05. The van der Waals surface area contributed by atoms with E-state index < -0.39 is 0 Å². The number of nitrogens with one attached hydrogen (secondary N) is 1. The lowest BCUT2D eigenvalue weighted by molar-refractivity contribution is -0.165. The predicted octanol–water partition coefficient (Wildman–Crippen LogP) is 4.02. The van der Waals surface area contributed by atoms with Gasteiger partial charge in [-0.3, -0.25) is 9.78 Å². The van der Waals surface area contributed by atoms with E-state index >= 15 is 0 Å². The summed E-state index contributed by atoms with van der Waals surface area (Å²) < 4.78 is 0. The number of carbonyl (C=O) groups is 1. The zero-order valence-corrected chi connectivity index (χ0v) is 13.0. The molecule has 3 nitrogen and oxygen atoms in total. The summed E-state index contributed by atoms with van der Waals surface area (Å²) in [5.74, 6) is 0.995. The van der Waals surface area contributed by atoms with Gasteiger partial charge in [-0.15, -0.1) is 0 Å². The first-order valence-corrected chi connectivity index (χ1v) is 8.12. The quantitative estimate of drug-likeness (QED) is 0.891. The van der Waals surface area contributed by atoms with Gasteiger partial charge in [0.05, 0.1) is 5.41 Å². The molecule has 4 saturated carbocycles. The minimum Gasteiger partial charge on any atom is -0.325 e. The maximum Gasteiger partial charge on any atom is 0.230 e. The Morgan fingerprint density at radius 3 is 2.29 bits per heavy atom. The number of amides is 1. The van der Waals surface area contributed by atoms with E-state index in [1.165, 1.54) is 19.3 Å². The maximum absolute atomic E-state index is 13.0. The van der Waals surface area contributed by atoms with Gasteiger partial charge < -0.3 is 5.32 Å². The summed E-state index contributed by atoms with van der Waals surface area (Å²) in [5.41, 5.74) is 1.50. The van der Waals surface area contributed by atoms with Crippen LogP contribution in [0.5, 0.6) is 0 Å². The Kier molecular flexibility index (Phi) is 2.59. The normalized spacial score (nSPS) is 43.8. The second-order valence-corrected chi connectivity index (χ2v) is 8.60. The Bertz CT molecular complexity index is 564. The highest BCUT2D eigenvalue weighted by molar-refractivity contribution is 5.95. The van der Waals surface area contributed by atoms with Crippen molar-refractivity contribution in [2.24, 2.45) is 22.2 Å². The number of hydrogen-bond acceptors (Lipinski definition) is 2. The van der Waals surface area contributed by atoms with Crippen LogP contribution in [0, 0.1) is 22.2 Å². The van der Waals surface area contributed by atoms with Gasteiger partial charge in [0, 0.05) is 18.1 Å². The molecule has 0 saturated heterocycles. The predicted molar refractivity (Wildman–Crippen MR) is 82.7 cm³/mol. The van der Waals surface area contributed by atoms with E-state index in [1.807, 2.05) is 12.1 Å². The SMILES string of the molecule is C[C@]12CC3CC(C(=O)Nc4ccncc4)(C1)C[C@@](C)(C3)C2. The summed E-state index contributed by atoms with van der Waals surface area (Å²) in [6.45, 7) is 4.81. The highest BCUT2D eigenvalue weighted by Crippen LogP contribution is 2.69. The molecule has 4 atom stereocenters. The summed E-state index contributed by atoms with van der Waals surface area (Å²) >= 11 is 0. The fraction of sp³-hybridized carbons (Fsp3) is 0.667. The molecule has 4 aliphatic rings. The van der Waals surface area contributed by atoms with E-state index in [0.29, 0.717) is 10.8 Å². The number of aromatic nitrogens is 1. The van der Waals surface area contributed by atoms with Gasteiger partial charge >= 0.3 is 0 Å². The Morgan fingerprint density at radius 2 is 1.71 bits per heavy atom. The molecule has 4 fully saturated rings. The smallest absolute Gasteiger partial charge is 0.230 e. The van der Waals surface area contributed by atoms with Gasteiger partial charge in [-0.2, -0.15) is 0 Å². The number of hydrogen-bond donors (Lipinski definition) is 1. The standard InChI is InChI=1S/C18H24N2O/c1-16-7-13-8-17(2,10-16)12-18(9-13,11-16)15(21)20-14-3-5-19-6-4-14/h3-6,13H,7-12H2,1-2H3,(H,19,20,21)/t13?,16-,17+,18?. The van der Waals surface area contributed by atoms with Crippen LogP contribution in [-0.4, -0.2) is 10.9 Å². The molecule has 0 aliphatic heterocycles. The Labute approximate surface area is 126 Å². The molecule has 1 amide bonds. The number of carbonyl (C=O) groups excluding carboxylic acids is 1. The lowest BCUT2D eigenvalue weighted by Crippen LogP contribution is -2.58. The van der Waals surface area contributed by atoms with E-state index in [1.54, 1.807) is 12.4 Å². The fourth-order valence-electron chi connectivity index (χ4n) is 6.40. The summed E-state index contributed by atoms with van der Waals surface area (Å²) in [6, 6.07) is 3.75. The average Bonchev–Trinajstić information content (AvgIpc) is 2.35. The lowest BCUT2D eigenvalue weighted by atomic mass is 9.40. The minimum atomic E-state index is -0.133. The van der Waals surface area contributed by atoms with E-state index in [0.717, 1.165) is 30.9 Å². The number of rotatable bonds is 2. The number of pyridine rings is 1. The molecule has 0 radical (unpaired) electrons. The van der Waals surface area contributed by atoms with Crippen molar-refractivity contribution in [3.8, 4) is 0 Å². The largest absolute Gasteiger partial charge is 0.325 e. The van der Waals surface area contributed by atoms with Crippen molar-refractivity contribution in [2.75, 3.05) is 5.32 Å². The first-order chi connectivity index (χ1) is 9.91. The van der Waals surface area contributed by atoms with E-state index in [2.05, 4.69) is 24.1 Å². The first-order valence-electron chi connectivity index (χ1n) is 8.12. The summed E-state index contributed by atoms with van der Waals surface area (Å²) in [7, 11) is 0. The van der Waals surface area contributed by atoms with E-state index in [9.17, 15) is 4.79 Å². The maximum atomic E-state index is 13.0. The van der Waals surface area contributed by atoms with Crippen LogP contribution in [-0.2, 0) is 4.79 Å². The topological polar surface area (TPSA) is 42.0 Å². The Balaban J connectivity index is 1.63. The van der Waals surface area contributed by atoms with Crippen molar-refractivity contribution in [1.29, 1.82) is 0 Å². The van der Waals surface area contributed by atoms with Crippen molar-refractivity contribution in [1.82, 2.24) is 4.98 Å². The molecule has 4 aliphatic carbocycles. The molecule has 0 aromatic carbocycles. The molecule has 1 N–H and O–H groups in total. The molecule has 1 aromatic heterocycles. The summed E-state index contributed by atoms with van der Waals surface area (Å²) in [5, 5.41) is 3.15. The van der Waals surface area contributed by atoms with E-state index in [-0.39, 0.29) is 11.3 Å². The van der Waals surface area contributed by atoms with Crippen molar-refractivity contribution in [3.63, 3.8) is 0 Å². The third kappa shape index (κ3) is 2.09. The monoisotopic (exact) mass is 284 g/mol. The van der Waals surface area contributed by atoms with Gasteiger partial charge in [0.1, 0.15) is 0 Å². The molecule has 112 valence electrons. The first kappa shape index (κ1) is 13.3. The second kappa shape index (κ2) is 4.08. The van der Waals surface area contributed by atoms with Crippen molar-refractivity contribution >= 4 is 11.6 Å². The van der Waals surface area contributed by atoms with Crippen LogP contribution in [0.2, 0.25) is 0 Å². The lowest BCUT2D eigenvalue weighted by Gasteiger charge is -2.64. The van der Waals surface area contributed by atoms with Crippen molar-refractivity contribution in [2.45, 2.75) is 52.4 Å². The molecular formula is C18H24N2O. The van der Waals surface area contributed by atoms with Crippen LogP contribution in [0.25, 0.3) is 0 Å². The van der Waals surface area contributed by atoms with Crippen molar-refractivity contribution < 1.29 is 4.79 Å². The fourth-order valence-corrected chi connectivity index (χ4v) is 6.40. The Morgan fingerprint density at radius 1 is 1.10 bits per heavy atom. The third-order valence-corrected chi connectivity index (χ3v) is 6.05. The minimum absolute atomic E-state index is 0.133. The van der Waals surface area contributed by atoms with Crippen LogP contribution in [0.15, 0.2) is 24.5 Å². The number of nitrogens with zero attached hydrogens (tertiary/aromatic N) is 1. The zero-order chi connectivity index (χ0) is 14.7. The summed E-state index contributed by atoms with van der Waals surface area (Å²) in [6.07, 6.45) is 10.7. The molecule has 5 rings (SSSR count). The van der Waals surface area contributed by atoms with Crippen LogP contribution >= 0.6 is 0 Å². The van der Waals surface area contributed by atoms with Gasteiger partial charge in [-0.1, -0.05) is 13.8 Å². The average molecular weight is 284 g/mol. The van der Waals surface area contributed by atoms with Gasteiger partial charge in [0.15, 0.2) is 0 Å². The van der Waals surface area contributed by atoms with Gasteiger partial charge in [0.2, 0.25) is 5.91 Å². The Hall–Kier alpha value is -1.38. The van der Waals surface area contributed by atoms with Crippen LogP contribution in [0.4, 0.5) is 5.69 Å². The second-order valence-electron chi connectivity index (χ2n) is 8.60. The highest BCUT2D eigenvalue weighted by atomic mass is 16.2. The summed E-state index contributed by atoms with van der Waals surface area (Å²) in [4.78, 5) is 17.0. The van der Waals surface area contributed by atoms with Gasteiger partial charge in [-0.25, -0.2) is 0 Å². The van der Waals surface area contributed by atoms with E-state index in [4.69, 9.17) is 0 Å². The zero-order valence-electron chi connectivity index (χ0n) is 13.0. The van der Waals surface area contributed by atoms with Crippen LogP contribution < -0.4 is 5.32 Å². The molecular weight excluding hydrogens is 260 g/mol. The van der Waals surface area contributed by atoms with Gasteiger partial charge in [-0.05, 0) is 67.4 Å². The van der Waals surface area contributed by atoms with Gasteiger partial charge in [0.25, 0.3) is 0 Å². The highest BCUT2D eigenvalue weighted by Gasteiger charge is 2.62.